The molecule has 2 saturated carbocycles. The van der Waals surface area contributed by atoms with Crippen LogP contribution >= 0.6 is 0 Å². The van der Waals surface area contributed by atoms with Crippen LogP contribution in [0.4, 0.5) is 0 Å². The van der Waals surface area contributed by atoms with Gasteiger partial charge in [-0.2, -0.15) is 0 Å². The van der Waals surface area contributed by atoms with Crippen LogP contribution < -0.4 is 11.1 Å². The number of methoxy groups -OCH3 is 1. The summed E-state index contributed by atoms with van der Waals surface area (Å²) in [6.45, 7) is 4.56. The smallest absolute Gasteiger partial charge is 0.0652 e. The highest BCUT2D eigenvalue weighted by Gasteiger charge is 2.49. The van der Waals surface area contributed by atoms with Crippen LogP contribution in [0.25, 0.3) is 0 Å². The van der Waals surface area contributed by atoms with Gasteiger partial charge >= 0.3 is 0 Å². The lowest BCUT2D eigenvalue weighted by Gasteiger charge is -2.54. The Morgan fingerprint density at radius 2 is 1.93 bits per heavy atom. The standard InChI is InChI=1S/C11H22N2O/c1-11(2)9(6-10(11)14-3)13-8-4-7(12)5-8/h7-10,13H,4-6,12H2,1-3H3. The summed E-state index contributed by atoms with van der Waals surface area (Å²) in [5.74, 6) is 0. The third-order valence-corrected chi connectivity index (χ3v) is 4.07. The zero-order chi connectivity index (χ0) is 10.3. The van der Waals surface area contributed by atoms with Crippen molar-refractivity contribution in [2.45, 2.75) is 57.3 Å². The summed E-state index contributed by atoms with van der Waals surface area (Å²) < 4.78 is 5.42. The van der Waals surface area contributed by atoms with Crippen LogP contribution in [0, 0.1) is 5.41 Å². The Labute approximate surface area is 86.4 Å². The number of nitrogens with two attached hydrogens (primary N) is 1. The van der Waals surface area contributed by atoms with Crippen LogP contribution in [0.1, 0.15) is 33.1 Å². The Hall–Kier alpha value is -0.120. The van der Waals surface area contributed by atoms with E-state index in [0.717, 1.165) is 19.3 Å². The van der Waals surface area contributed by atoms with E-state index >= 15 is 0 Å². The largest absolute Gasteiger partial charge is 0.381 e. The van der Waals surface area contributed by atoms with Crippen molar-refractivity contribution in [3.05, 3.63) is 0 Å². The molecular weight excluding hydrogens is 176 g/mol. The van der Waals surface area contributed by atoms with E-state index in [1.54, 1.807) is 0 Å². The monoisotopic (exact) mass is 198 g/mol. The zero-order valence-corrected chi connectivity index (χ0v) is 9.42. The minimum absolute atomic E-state index is 0.286. The second-order valence-electron chi connectivity index (χ2n) is 5.43. The summed E-state index contributed by atoms with van der Waals surface area (Å²) in [6.07, 6.45) is 3.86. The normalized spacial score (nSPS) is 45.4. The van der Waals surface area contributed by atoms with Crippen LogP contribution in [-0.4, -0.2) is 31.3 Å². The lowest BCUT2D eigenvalue weighted by Crippen LogP contribution is -2.65. The first-order valence-corrected chi connectivity index (χ1v) is 5.58. The van der Waals surface area contributed by atoms with Gasteiger partial charge in [0.2, 0.25) is 0 Å². The van der Waals surface area contributed by atoms with Crippen molar-refractivity contribution < 1.29 is 4.74 Å². The Morgan fingerprint density at radius 1 is 1.29 bits per heavy atom. The minimum Gasteiger partial charge on any atom is -0.381 e. The maximum absolute atomic E-state index is 5.76. The fourth-order valence-corrected chi connectivity index (χ4v) is 2.65. The van der Waals surface area contributed by atoms with Gasteiger partial charge in [-0.1, -0.05) is 13.8 Å². The molecular formula is C11H22N2O. The van der Waals surface area contributed by atoms with Crippen molar-refractivity contribution in [3.8, 4) is 0 Å². The van der Waals surface area contributed by atoms with E-state index < -0.39 is 0 Å². The summed E-state index contributed by atoms with van der Waals surface area (Å²) in [5.41, 5.74) is 6.05. The van der Waals surface area contributed by atoms with Gasteiger partial charge in [0.05, 0.1) is 6.10 Å². The van der Waals surface area contributed by atoms with Crippen LogP contribution in [0.15, 0.2) is 0 Å². The molecule has 3 heteroatoms. The molecule has 0 aromatic carbocycles. The summed E-state index contributed by atoms with van der Waals surface area (Å²) >= 11 is 0. The third kappa shape index (κ3) is 1.58. The van der Waals surface area contributed by atoms with Crippen LogP contribution in [0.2, 0.25) is 0 Å². The topological polar surface area (TPSA) is 47.3 Å². The number of hydrogen-bond donors (Lipinski definition) is 2. The highest BCUT2D eigenvalue weighted by molar-refractivity contribution is 5.05. The average molecular weight is 198 g/mol. The predicted molar refractivity (Wildman–Crippen MR) is 57.1 cm³/mol. The first-order chi connectivity index (χ1) is 6.54. The molecule has 2 aliphatic carbocycles. The van der Waals surface area contributed by atoms with E-state index in [-0.39, 0.29) is 5.41 Å². The highest BCUT2D eigenvalue weighted by Crippen LogP contribution is 2.43. The molecule has 0 spiro atoms. The molecule has 0 amide bonds. The van der Waals surface area contributed by atoms with Gasteiger partial charge in [0.15, 0.2) is 0 Å². The summed E-state index contributed by atoms with van der Waals surface area (Å²) in [7, 11) is 1.81. The molecule has 14 heavy (non-hydrogen) atoms. The molecule has 2 atom stereocenters. The Balaban J connectivity index is 1.78. The van der Waals surface area contributed by atoms with E-state index in [0.29, 0.717) is 24.2 Å². The van der Waals surface area contributed by atoms with Crippen molar-refractivity contribution in [2.75, 3.05) is 7.11 Å². The fraction of sp³-hybridized carbons (Fsp3) is 1.00. The number of rotatable bonds is 3. The van der Waals surface area contributed by atoms with Crippen molar-refractivity contribution in [3.63, 3.8) is 0 Å². The van der Waals surface area contributed by atoms with Crippen LogP contribution in [0.3, 0.4) is 0 Å². The molecule has 2 unspecified atom stereocenters. The first-order valence-electron chi connectivity index (χ1n) is 5.58. The molecule has 0 radical (unpaired) electrons. The molecule has 0 bridgehead atoms. The van der Waals surface area contributed by atoms with E-state index in [1.807, 2.05) is 7.11 Å². The quantitative estimate of drug-likeness (QED) is 0.707. The van der Waals surface area contributed by atoms with Crippen molar-refractivity contribution in [2.24, 2.45) is 11.1 Å². The molecule has 2 aliphatic rings. The highest BCUT2D eigenvalue weighted by atomic mass is 16.5. The van der Waals surface area contributed by atoms with Crippen molar-refractivity contribution in [1.29, 1.82) is 0 Å². The molecule has 2 fully saturated rings. The lowest BCUT2D eigenvalue weighted by atomic mass is 9.63. The van der Waals surface area contributed by atoms with Gasteiger partial charge in [-0.3, -0.25) is 0 Å². The second-order valence-corrected chi connectivity index (χ2v) is 5.43. The van der Waals surface area contributed by atoms with E-state index in [2.05, 4.69) is 19.2 Å². The second kappa shape index (κ2) is 3.47. The van der Waals surface area contributed by atoms with E-state index in [9.17, 15) is 0 Å². The molecule has 3 N–H and O–H groups in total. The van der Waals surface area contributed by atoms with Gasteiger partial charge < -0.3 is 15.8 Å². The Morgan fingerprint density at radius 3 is 2.36 bits per heavy atom. The number of nitrogens with one attached hydrogen (secondary N) is 1. The molecule has 0 heterocycles. The predicted octanol–water partition coefficient (Wildman–Crippen LogP) is 0.879. The SMILES string of the molecule is COC1CC(NC2CC(N)C2)C1(C)C. The molecule has 3 nitrogen and oxygen atoms in total. The van der Waals surface area contributed by atoms with Gasteiger partial charge in [0, 0.05) is 30.7 Å². The molecule has 2 rings (SSSR count). The maximum atomic E-state index is 5.76. The molecule has 0 aromatic heterocycles. The van der Waals surface area contributed by atoms with E-state index in [4.69, 9.17) is 10.5 Å². The lowest BCUT2D eigenvalue weighted by molar-refractivity contribution is -0.103. The number of ether oxygens (including phenoxy) is 1. The Kier molecular flexibility index (Phi) is 2.58. The zero-order valence-electron chi connectivity index (χ0n) is 9.42. The summed E-state index contributed by atoms with van der Waals surface area (Å²) in [4.78, 5) is 0. The van der Waals surface area contributed by atoms with Gasteiger partial charge in [-0.25, -0.2) is 0 Å². The first kappa shape index (κ1) is 10.4. The van der Waals surface area contributed by atoms with Gasteiger partial charge in [0.25, 0.3) is 0 Å². The van der Waals surface area contributed by atoms with Crippen molar-refractivity contribution in [1.82, 2.24) is 5.32 Å². The van der Waals surface area contributed by atoms with Crippen molar-refractivity contribution >= 4 is 0 Å². The molecule has 0 aliphatic heterocycles. The van der Waals surface area contributed by atoms with Crippen LogP contribution in [-0.2, 0) is 4.74 Å². The molecule has 0 saturated heterocycles. The van der Waals surface area contributed by atoms with E-state index in [1.165, 1.54) is 0 Å². The minimum atomic E-state index is 0.286. The summed E-state index contributed by atoms with van der Waals surface area (Å²) in [6, 6.07) is 1.71. The van der Waals surface area contributed by atoms with Gasteiger partial charge in [-0.05, 0) is 19.3 Å². The summed E-state index contributed by atoms with van der Waals surface area (Å²) in [5, 5.41) is 3.68. The van der Waals surface area contributed by atoms with Gasteiger partial charge in [-0.15, -0.1) is 0 Å². The fourth-order valence-electron chi connectivity index (χ4n) is 2.65. The third-order valence-electron chi connectivity index (χ3n) is 4.07. The average Bonchev–Trinajstić information content (AvgIpc) is 2.07. The molecule has 0 aromatic rings. The molecule has 82 valence electrons. The number of hydrogen-bond acceptors (Lipinski definition) is 3. The maximum Gasteiger partial charge on any atom is 0.0652 e. The Bertz CT molecular complexity index is 211. The van der Waals surface area contributed by atoms with Gasteiger partial charge in [0.1, 0.15) is 0 Å². The van der Waals surface area contributed by atoms with Crippen LogP contribution in [0.5, 0.6) is 0 Å².